The summed E-state index contributed by atoms with van der Waals surface area (Å²) in [6.07, 6.45) is 0. The number of rotatable bonds is 9. The van der Waals surface area contributed by atoms with Crippen LogP contribution >= 0.6 is 11.3 Å². The third kappa shape index (κ3) is 7.07. The van der Waals surface area contributed by atoms with Gasteiger partial charge in [0, 0.05) is 4.88 Å². The average molecular weight is 407 g/mol. The van der Waals surface area contributed by atoms with Gasteiger partial charge in [0.2, 0.25) is 0 Å². The molecule has 0 amide bonds. The molecule has 3 nitrogen and oxygen atoms in total. The van der Waals surface area contributed by atoms with E-state index in [0.717, 1.165) is 11.3 Å². The molecule has 27 heavy (non-hydrogen) atoms. The fourth-order valence-corrected chi connectivity index (χ4v) is 3.74. The van der Waals surface area contributed by atoms with Gasteiger partial charge in [-0.3, -0.25) is 0 Å². The quantitative estimate of drug-likeness (QED) is 0.437. The second-order valence-corrected chi connectivity index (χ2v) is 15.0. The zero-order chi connectivity index (χ0) is 20.1. The molecular formula is C22H34O3SSi. The molecular weight excluding hydrogens is 372 g/mol. The van der Waals surface area contributed by atoms with Crippen molar-refractivity contribution in [2.24, 2.45) is 0 Å². The molecule has 150 valence electrons. The van der Waals surface area contributed by atoms with E-state index in [2.05, 4.69) is 71.3 Å². The molecule has 0 saturated carbocycles. The lowest BCUT2D eigenvalue weighted by molar-refractivity contribution is -0.0559. The summed E-state index contributed by atoms with van der Waals surface area (Å²) in [5.41, 5.74) is 0.798. The summed E-state index contributed by atoms with van der Waals surface area (Å²) in [5.74, 6) is 0.860. The molecule has 0 unspecified atom stereocenters. The van der Waals surface area contributed by atoms with Gasteiger partial charge in [-0.25, -0.2) is 0 Å². The maximum atomic E-state index is 6.32. The summed E-state index contributed by atoms with van der Waals surface area (Å²) in [6.45, 7) is 17.2. The van der Waals surface area contributed by atoms with Crippen molar-refractivity contribution in [3.05, 3.63) is 52.2 Å². The Hall–Kier alpha value is -1.14. The number of hydrogen-bond donors (Lipinski definition) is 0. The van der Waals surface area contributed by atoms with E-state index in [9.17, 15) is 0 Å². The summed E-state index contributed by atoms with van der Waals surface area (Å²) in [4.78, 5) is 1.23. The van der Waals surface area contributed by atoms with Crippen LogP contribution in [0.3, 0.4) is 0 Å². The van der Waals surface area contributed by atoms with Crippen LogP contribution in [0.2, 0.25) is 18.1 Å². The molecule has 0 spiro atoms. The van der Waals surface area contributed by atoms with Gasteiger partial charge in [0.1, 0.15) is 12.4 Å². The minimum Gasteiger partial charge on any atom is -0.491 e. The highest BCUT2D eigenvalue weighted by Crippen LogP contribution is 2.37. The molecule has 0 bridgehead atoms. The zero-order valence-corrected chi connectivity index (χ0v) is 19.6. The zero-order valence-electron chi connectivity index (χ0n) is 17.8. The van der Waals surface area contributed by atoms with E-state index in [1.807, 2.05) is 18.2 Å². The van der Waals surface area contributed by atoms with Crippen LogP contribution < -0.4 is 4.74 Å². The van der Waals surface area contributed by atoms with Crippen LogP contribution in [0.5, 0.6) is 5.75 Å². The first kappa shape index (κ1) is 22.1. The third-order valence-corrected chi connectivity index (χ3v) is 10.4. The monoisotopic (exact) mass is 406 g/mol. The molecule has 5 heteroatoms. The van der Waals surface area contributed by atoms with Gasteiger partial charge in [-0.15, -0.1) is 11.3 Å². The van der Waals surface area contributed by atoms with Crippen LogP contribution in [0.1, 0.15) is 45.1 Å². The van der Waals surface area contributed by atoms with Crippen molar-refractivity contribution < 1.29 is 13.9 Å². The van der Waals surface area contributed by atoms with Gasteiger partial charge in [0.05, 0.1) is 18.8 Å². The van der Waals surface area contributed by atoms with Gasteiger partial charge in [0.15, 0.2) is 8.32 Å². The molecule has 1 aromatic heterocycles. The Morgan fingerprint density at radius 1 is 0.963 bits per heavy atom. The van der Waals surface area contributed by atoms with Crippen LogP contribution in [0, 0.1) is 0 Å². The summed E-state index contributed by atoms with van der Waals surface area (Å²) in [7, 11) is -1.75. The predicted molar refractivity (Wildman–Crippen MR) is 117 cm³/mol. The maximum Gasteiger partial charge on any atom is 0.192 e. The summed E-state index contributed by atoms with van der Waals surface area (Å²) < 4.78 is 18.4. The van der Waals surface area contributed by atoms with Crippen molar-refractivity contribution in [1.29, 1.82) is 0 Å². The molecule has 0 fully saturated rings. The van der Waals surface area contributed by atoms with Crippen molar-refractivity contribution >= 4 is 19.7 Å². The van der Waals surface area contributed by atoms with Gasteiger partial charge in [-0.1, -0.05) is 39.0 Å². The van der Waals surface area contributed by atoms with Crippen molar-refractivity contribution in [3.8, 4) is 5.75 Å². The Kier molecular flexibility index (Phi) is 7.31. The lowest BCUT2D eigenvalue weighted by Gasteiger charge is -2.36. The van der Waals surface area contributed by atoms with E-state index in [4.69, 9.17) is 13.9 Å². The highest BCUT2D eigenvalue weighted by molar-refractivity contribution is 7.09. The minimum atomic E-state index is -1.75. The lowest BCUT2D eigenvalue weighted by atomic mass is 10.1. The normalized spacial score (nSPS) is 13.0. The second-order valence-electron chi connectivity index (χ2n) is 9.11. The fourth-order valence-electron chi connectivity index (χ4n) is 2.17. The Labute approximate surface area is 169 Å². The molecule has 0 aliphatic heterocycles. The number of benzene rings is 1. The Morgan fingerprint density at radius 2 is 1.70 bits per heavy atom. The molecule has 2 aromatic rings. The standard InChI is InChI=1S/C22H34O3SSi/c1-21(2,3)27(6,7)25-15-18-10-8-11-19(14-18)23-17-22(4,5)24-16-20-12-9-13-26-20/h8-14H,15-17H2,1-7H3. The third-order valence-electron chi connectivity index (χ3n) is 5.08. The van der Waals surface area contributed by atoms with Gasteiger partial charge in [-0.2, -0.15) is 0 Å². The van der Waals surface area contributed by atoms with Gasteiger partial charge >= 0.3 is 0 Å². The van der Waals surface area contributed by atoms with E-state index >= 15 is 0 Å². The van der Waals surface area contributed by atoms with E-state index < -0.39 is 8.32 Å². The smallest absolute Gasteiger partial charge is 0.192 e. The summed E-state index contributed by atoms with van der Waals surface area (Å²) >= 11 is 1.71. The molecule has 0 aliphatic rings. The number of hydrogen-bond acceptors (Lipinski definition) is 4. The highest BCUT2D eigenvalue weighted by atomic mass is 32.1. The molecule has 2 rings (SSSR count). The van der Waals surface area contributed by atoms with Crippen LogP contribution in [0.25, 0.3) is 0 Å². The molecule has 0 atom stereocenters. The number of thiophene rings is 1. The van der Waals surface area contributed by atoms with Gasteiger partial charge in [0.25, 0.3) is 0 Å². The topological polar surface area (TPSA) is 27.7 Å². The van der Waals surface area contributed by atoms with E-state index in [-0.39, 0.29) is 10.6 Å². The van der Waals surface area contributed by atoms with Crippen LogP contribution in [0.4, 0.5) is 0 Å². The van der Waals surface area contributed by atoms with Crippen molar-refractivity contribution in [3.63, 3.8) is 0 Å². The molecule has 0 N–H and O–H groups in total. The van der Waals surface area contributed by atoms with E-state index in [1.165, 1.54) is 4.88 Å². The van der Waals surface area contributed by atoms with E-state index in [0.29, 0.717) is 19.8 Å². The summed E-state index contributed by atoms with van der Waals surface area (Å²) in [5, 5.41) is 2.28. The second kappa shape index (κ2) is 8.91. The molecule has 1 aromatic carbocycles. The van der Waals surface area contributed by atoms with Crippen molar-refractivity contribution in [2.75, 3.05) is 6.61 Å². The largest absolute Gasteiger partial charge is 0.491 e. The van der Waals surface area contributed by atoms with Gasteiger partial charge in [-0.05, 0) is 61.1 Å². The molecule has 1 heterocycles. The fraction of sp³-hybridized carbons (Fsp3) is 0.545. The molecule has 0 aliphatic carbocycles. The Bertz CT molecular complexity index is 703. The molecule has 0 radical (unpaired) electrons. The van der Waals surface area contributed by atoms with Crippen molar-refractivity contribution in [2.45, 2.75) is 71.6 Å². The van der Waals surface area contributed by atoms with Crippen LogP contribution in [-0.4, -0.2) is 20.5 Å². The average Bonchev–Trinajstić information content (AvgIpc) is 3.10. The summed E-state index contributed by atoms with van der Waals surface area (Å²) in [6, 6.07) is 12.3. The minimum absolute atomic E-state index is 0.213. The molecule has 0 saturated heterocycles. The van der Waals surface area contributed by atoms with E-state index in [1.54, 1.807) is 11.3 Å². The highest BCUT2D eigenvalue weighted by Gasteiger charge is 2.37. The first-order valence-corrected chi connectivity index (χ1v) is 13.3. The number of ether oxygens (including phenoxy) is 2. The first-order valence-electron chi connectivity index (χ1n) is 9.51. The Morgan fingerprint density at radius 3 is 2.33 bits per heavy atom. The lowest BCUT2D eigenvalue weighted by Crippen LogP contribution is -2.40. The SMILES string of the molecule is CC(C)(COc1cccc(CO[Si](C)(C)C(C)(C)C)c1)OCc1cccs1. The predicted octanol–water partition coefficient (Wildman–Crippen LogP) is 6.64. The van der Waals surface area contributed by atoms with Crippen molar-refractivity contribution in [1.82, 2.24) is 0 Å². The maximum absolute atomic E-state index is 6.32. The van der Waals surface area contributed by atoms with Crippen LogP contribution in [0.15, 0.2) is 41.8 Å². The van der Waals surface area contributed by atoms with Crippen LogP contribution in [-0.2, 0) is 22.4 Å². The van der Waals surface area contributed by atoms with Gasteiger partial charge < -0.3 is 13.9 Å². The first-order chi connectivity index (χ1) is 12.5. The Balaban J connectivity index is 1.87.